The van der Waals surface area contributed by atoms with Crippen molar-refractivity contribution in [3.05, 3.63) is 68.5 Å². The quantitative estimate of drug-likeness (QED) is 0.652. The Hall–Kier alpha value is -3.18. The number of benzene rings is 1. The van der Waals surface area contributed by atoms with Gasteiger partial charge in [0.05, 0.1) is 6.61 Å². The molecule has 0 fully saturated rings. The number of hydrogen-bond donors (Lipinski definition) is 1. The summed E-state index contributed by atoms with van der Waals surface area (Å²) in [5, 5.41) is 11.7. The molecule has 1 aromatic heterocycles. The van der Waals surface area contributed by atoms with E-state index < -0.39 is 23.7 Å². The molecule has 2 rings (SSSR count). The number of hydrogen-bond acceptors (Lipinski definition) is 5. The van der Waals surface area contributed by atoms with Gasteiger partial charge in [-0.1, -0.05) is 30.3 Å². The van der Waals surface area contributed by atoms with Crippen molar-refractivity contribution in [2.75, 3.05) is 13.2 Å². The van der Waals surface area contributed by atoms with Crippen LogP contribution in [0.5, 0.6) is 0 Å². The summed E-state index contributed by atoms with van der Waals surface area (Å²) in [6.45, 7) is 2.94. The highest BCUT2D eigenvalue weighted by molar-refractivity contribution is 5.75. The average molecular weight is 370 g/mol. The Morgan fingerprint density at radius 2 is 2.00 bits per heavy atom. The minimum atomic E-state index is -0.756. The van der Waals surface area contributed by atoms with E-state index in [0.29, 0.717) is 32.7 Å². The fraction of sp³-hybridized carbons (Fsp3) is 0.368. The Labute approximate surface area is 156 Å². The molecule has 0 bridgehead atoms. The van der Waals surface area contributed by atoms with Crippen molar-refractivity contribution in [1.82, 2.24) is 14.5 Å². The van der Waals surface area contributed by atoms with E-state index in [2.05, 4.69) is 5.32 Å². The SMILES string of the molecule is CCn1cc(C#N)c(=O)n(CC(=O)NCCCOCc2ccccc2)c1=O. The van der Waals surface area contributed by atoms with Gasteiger partial charge in [-0.25, -0.2) is 9.36 Å². The standard InChI is InChI=1S/C19H22N4O4/c1-2-22-12-16(11-20)18(25)23(19(22)26)13-17(24)21-9-6-10-27-14-15-7-4-3-5-8-15/h3-5,7-8,12H,2,6,9-10,13-14H2,1H3,(H,21,24). The van der Waals surface area contributed by atoms with Gasteiger partial charge in [0.15, 0.2) is 0 Å². The molecule has 0 aliphatic carbocycles. The number of nitriles is 1. The number of carbonyl (C=O) groups excluding carboxylic acids is 1. The molecule has 1 heterocycles. The monoisotopic (exact) mass is 370 g/mol. The number of rotatable bonds is 9. The van der Waals surface area contributed by atoms with Crippen LogP contribution in [-0.4, -0.2) is 28.2 Å². The van der Waals surface area contributed by atoms with Crippen molar-refractivity contribution >= 4 is 5.91 Å². The molecular weight excluding hydrogens is 348 g/mol. The molecule has 0 atom stereocenters. The first kappa shape index (κ1) is 20.1. The minimum absolute atomic E-state index is 0.168. The molecule has 142 valence electrons. The van der Waals surface area contributed by atoms with Crippen LogP contribution >= 0.6 is 0 Å². The summed E-state index contributed by atoms with van der Waals surface area (Å²) in [5.41, 5.74) is -0.458. The lowest BCUT2D eigenvalue weighted by molar-refractivity contribution is -0.121. The lowest BCUT2D eigenvalue weighted by Crippen LogP contribution is -2.44. The van der Waals surface area contributed by atoms with Gasteiger partial charge in [0.25, 0.3) is 5.56 Å². The van der Waals surface area contributed by atoms with E-state index in [0.717, 1.165) is 10.1 Å². The van der Waals surface area contributed by atoms with Crippen LogP contribution in [-0.2, 0) is 29.2 Å². The summed E-state index contributed by atoms with van der Waals surface area (Å²) in [6.07, 6.45) is 1.81. The highest BCUT2D eigenvalue weighted by atomic mass is 16.5. The number of aromatic nitrogens is 2. The van der Waals surface area contributed by atoms with Gasteiger partial charge >= 0.3 is 5.69 Å². The highest BCUT2D eigenvalue weighted by Gasteiger charge is 2.13. The number of carbonyl (C=O) groups is 1. The molecule has 1 N–H and O–H groups in total. The van der Waals surface area contributed by atoms with E-state index in [1.165, 1.54) is 10.8 Å². The van der Waals surface area contributed by atoms with Crippen LogP contribution in [0, 0.1) is 11.3 Å². The largest absolute Gasteiger partial charge is 0.377 e. The van der Waals surface area contributed by atoms with Crippen molar-refractivity contribution in [1.29, 1.82) is 5.26 Å². The summed E-state index contributed by atoms with van der Waals surface area (Å²) in [7, 11) is 0. The normalized spacial score (nSPS) is 10.4. The zero-order valence-corrected chi connectivity index (χ0v) is 15.2. The van der Waals surface area contributed by atoms with Crippen LogP contribution in [0.15, 0.2) is 46.1 Å². The van der Waals surface area contributed by atoms with E-state index in [9.17, 15) is 14.4 Å². The van der Waals surface area contributed by atoms with Crippen LogP contribution in [0.4, 0.5) is 0 Å². The average Bonchev–Trinajstić information content (AvgIpc) is 2.69. The van der Waals surface area contributed by atoms with Gasteiger partial charge in [-0.3, -0.25) is 14.2 Å². The second-order valence-corrected chi connectivity index (χ2v) is 5.86. The molecule has 27 heavy (non-hydrogen) atoms. The number of nitrogens with zero attached hydrogens (tertiary/aromatic N) is 3. The highest BCUT2D eigenvalue weighted by Crippen LogP contribution is 2.00. The molecule has 0 saturated heterocycles. The summed E-state index contributed by atoms with van der Waals surface area (Å²) >= 11 is 0. The predicted molar refractivity (Wildman–Crippen MR) is 99.1 cm³/mol. The van der Waals surface area contributed by atoms with Crippen LogP contribution in [0.1, 0.15) is 24.5 Å². The minimum Gasteiger partial charge on any atom is -0.377 e. The maximum Gasteiger partial charge on any atom is 0.331 e. The van der Waals surface area contributed by atoms with E-state index >= 15 is 0 Å². The molecule has 0 spiro atoms. The van der Waals surface area contributed by atoms with E-state index in [4.69, 9.17) is 10.00 Å². The van der Waals surface area contributed by atoms with Gasteiger partial charge in [-0.2, -0.15) is 5.26 Å². The number of nitrogens with one attached hydrogen (secondary N) is 1. The van der Waals surface area contributed by atoms with Crippen LogP contribution in [0.25, 0.3) is 0 Å². The van der Waals surface area contributed by atoms with E-state index in [1.54, 1.807) is 13.0 Å². The second kappa shape index (κ2) is 10.1. The lowest BCUT2D eigenvalue weighted by Gasteiger charge is -2.10. The predicted octanol–water partition coefficient (Wildman–Crippen LogP) is 0.625. The number of amides is 1. The number of ether oxygens (including phenoxy) is 1. The fourth-order valence-electron chi connectivity index (χ4n) is 2.46. The van der Waals surface area contributed by atoms with Gasteiger partial charge in [0.2, 0.25) is 5.91 Å². The van der Waals surface area contributed by atoms with Gasteiger partial charge in [0.1, 0.15) is 18.2 Å². The lowest BCUT2D eigenvalue weighted by atomic mass is 10.2. The molecule has 0 aliphatic heterocycles. The zero-order chi connectivity index (χ0) is 19.6. The van der Waals surface area contributed by atoms with Crippen molar-refractivity contribution in [2.24, 2.45) is 0 Å². The van der Waals surface area contributed by atoms with Gasteiger partial charge in [-0.15, -0.1) is 0 Å². The van der Waals surface area contributed by atoms with Crippen LogP contribution in [0.2, 0.25) is 0 Å². The first-order valence-electron chi connectivity index (χ1n) is 8.69. The summed E-state index contributed by atoms with van der Waals surface area (Å²) < 4.78 is 7.53. The van der Waals surface area contributed by atoms with E-state index in [-0.39, 0.29) is 5.56 Å². The fourth-order valence-corrected chi connectivity index (χ4v) is 2.46. The van der Waals surface area contributed by atoms with Crippen LogP contribution < -0.4 is 16.6 Å². The molecule has 0 radical (unpaired) electrons. The van der Waals surface area contributed by atoms with Crippen LogP contribution in [0.3, 0.4) is 0 Å². The van der Waals surface area contributed by atoms with Gasteiger partial charge in [0, 0.05) is 25.9 Å². The maximum absolute atomic E-state index is 12.2. The van der Waals surface area contributed by atoms with E-state index in [1.807, 2.05) is 30.3 Å². The molecule has 8 nitrogen and oxygen atoms in total. The molecule has 8 heteroatoms. The Kier molecular flexibility index (Phi) is 7.52. The zero-order valence-electron chi connectivity index (χ0n) is 15.2. The summed E-state index contributed by atoms with van der Waals surface area (Å²) in [6, 6.07) is 11.5. The Bertz CT molecular complexity index is 925. The first-order valence-corrected chi connectivity index (χ1v) is 8.69. The Morgan fingerprint density at radius 3 is 2.67 bits per heavy atom. The smallest absolute Gasteiger partial charge is 0.331 e. The third-order valence-electron chi connectivity index (χ3n) is 3.90. The third-order valence-corrected chi connectivity index (χ3v) is 3.90. The molecular formula is C19H22N4O4. The molecule has 1 amide bonds. The van der Waals surface area contributed by atoms with Crippen molar-refractivity contribution in [3.8, 4) is 6.07 Å². The summed E-state index contributed by atoms with van der Waals surface area (Å²) in [5.74, 6) is -0.463. The van der Waals surface area contributed by atoms with Crippen molar-refractivity contribution in [3.63, 3.8) is 0 Å². The van der Waals surface area contributed by atoms with Gasteiger partial charge < -0.3 is 10.1 Å². The van der Waals surface area contributed by atoms with Gasteiger partial charge in [-0.05, 0) is 18.9 Å². The Morgan fingerprint density at radius 1 is 1.26 bits per heavy atom. The number of aryl methyl sites for hydroxylation is 1. The molecule has 0 unspecified atom stereocenters. The molecule has 2 aromatic rings. The third kappa shape index (κ3) is 5.66. The second-order valence-electron chi connectivity index (χ2n) is 5.86. The molecule has 0 aliphatic rings. The van der Waals surface area contributed by atoms with Crippen molar-refractivity contribution < 1.29 is 9.53 Å². The molecule has 0 saturated carbocycles. The summed E-state index contributed by atoms with van der Waals surface area (Å²) in [4.78, 5) is 36.3. The molecule has 1 aromatic carbocycles. The van der Waals surface area contributed by atoms with Crippen molar-refractivity contribution in [2.45, 2.75) is 33.0 Å². The Balaban J connectivity index is 1.82. The topological polar surface area (TPSA) is 106 Å². The first-order chi connectivity index (χ1) is 13.1. The maximum atomic E-state index is 12.2.